The summed E-state index contributed by atoms with van der Waals surface area (Å²) in [4.78, 5) is 9.86. The van der Waals surface area contributed by atoms with Gasteiger partial charge in [0, 0.05) is 44.1 Å². The Hall–Kier alpha value is -1.03. The molecule has 0 aromatic heterocycles. The second-order valence-electron chi connectivity index (χ2n) is 13.1. The maximum atomic E-state index is 9.86. The van der Waals surface area contributed by atoms with Crippen molar-refractivity contribution in [2.24, 2.45) is 0 Å². The molecular weight excluding hydrogens is 548 g/mol. The Morgan fingerprint density at radius 2 is 0.581 bits per heavy atom. The minimum Gasteiger partial charge on any atom is -0.478 e. The third kappa shape index (κ3) is 28.2. The van der Waals surface area contributed by atoms with Gasteiger partial charge in [-0.05, 0) is 52.4 Å². The quantitative estimate of drug-likeness (QED) is 0.117. The Labute approximate surface area is 262 Å². The zero-order chi connectivity index (χ0) is 32.5. The standard InChI is InChI=1S/3C10H20O2.C5H8O2/c3*11-10(12)8-6-4-2-1-3-5-7-9-10;1-3-4(2)5(6)7/h3*11-12H,1-9H2;3H,1-2H3,(H,6,7). The van der Waals surface area contributed by atoms with Gasteiger partial charge in [0.15, 0.2) is 17.4 Å². The van der Waals surface area contributed by atoms with Crippen LogP contribution in [0.3, 0.4) is 0 Å². The maximum Gasteiger partial charge on any atom is 0.330 e. The molecule has 8 nitrogen and oxygen atoms in total. The molecule has 0 aliphatic heterocycles. The number of hydrogen-bond acceptors (Lipinski definition) is 7. The van der Waals surface area contributed by atoms with Crippen LogP contribution in [0.5, 0.6) is 0 Å². The van der Waals surface area contributed by atoms with Crippen LogP contribution in [0.1, 0.15) is 187 Å². The third-order valence-electron chi connectivity index (χ3n) is 8.73. The van der Waals surface area contributed by atoms with Crippen molar-refractivity contribution in [3.05, 3.63) is 11.6 Å². The summed E-state index contributed by atoms with van der Waals surface area (Å²) in [5.41, 5.74) is 0.389. The van der Waals surface area contributed by atoms with Crippen LogP contribution in [0.15, 0.2) is 11.6 Å². The molecule has 43 heavy (non-hydrogen) atoms. The van der Waals surface area contributed by atoms with Crippen LogP contribution < -0.4 is 0 Å². The molecule has 0 bridgehead atoms. The monoisotopic (exact) mass is 616 g/mol. The number of carboxylic acids is 1. The minimum atomic E-state index is -1.36. The number of allylic oxidation sites excluding steroid dienone is 1. The normalized spacial score (nSPS) is 24.0. The summed E-state index contributed by atoms with van der Waals surface area (Å²) in [5, 5.41) is 64.8. The maximum absolute atomic E-state index is 9.86. The minimum absolute atomic E-state index is 0.389. The van der Waals surface area contributed by atoms with Crippen molar-refractivity contribution < 1.29 is 40.5 Å². The lowest BCUT2D eigenvalue weighted by molar-refractivity contribution is -0.173. The van der Waals surface area contributed by atoms with Gasteiger partial charge in [-0.1, -0.05) is 102 Å². The van der Waals surface area contributed by atoms with Crippen molar-refractivity contribution in [2.45, 2.75) is 205 Å². The second-order valence-corrected chi connectivity index (χ2v) is 13.1. The Bertz CT molecular complexity index is 595. The summed E-state index contributed by atoms with van der Waals surface area (Å²) in [6.45, 7) is 3.26. The van der Waals surface area contributed by atoms with E-state index in [1.54, 1.807) is 19.9 Å². The van der Waals surface area contributed by atoms with Gasteiger partial charge in [-0.15, -0.1) is 0 Å². The highest BCUT2D eigenvalue weighted by Gasteiger charge is 2.23. The summed E-state index contributed by atoms with van der Waals surface area (Å²) in [7, 11) is 0. The molecule has 0 unspecified atom stereocenters. The van der Waals surface area contributed by atoms with Crippen LogP contribution in [0.4, 0.5) is 0 Å². The molecule has 0 aromatic rings. The second kappa shape index (κ2) is 25.2. The van der Waals surface area contributed by atoms with Crippen molar-refractivity contribution in [2.75, 3.05) is 0 Å². The van der Waals surface area contributed by atoms with E-state index in [0.717, 1.165) is 77.0 Å². The Balaban J connectivity index is 0.000000558. The summed E-state index contributed by atoms with van der Waals surface area (Å²) in [6.07, 6.45) is 29.2. The first-order valence-corrected chi connectivity index (χ1v) is 17.5. The van der Waals surface area contributed by atoms with E-state index in [4.69, 9.17) is 5.11 Å². The Kier molecular flexibility index (Phi) is 24.6. The predicted molar refractivity (Wildman–Crippen MR) is 173 cm³/mol. The van der Waals surface area contributed by atoms with Crippen molar-refractivity contribution in [1.82, 2.24) is 0 Å². The topological polar surface area (TPSA) is 159 Å². The Morgan fingerprint density at radius 3 is 0.698 bits per heavy atom. The molecule has 0 atom stereocenters. The van der Waals surface area contributed by atoms with Gasteiger partial charge < -0.3 is 35.7 Å². The van der Waals surface area contributed by atoms with Gasteiger partial charge in [-0.2, -0.15) is 0 Å². The smallest absolute Gasteiger partial charge is 0.330 e. The SMILES string of the molecule is CC=C(C)C(=O)O.OC1(O)CCCCCCCCC1.OC1(O)CCCCCCCCC1.OC1(O)CCCCCCCCC1. The molecule has 7 N–H and O–H groups in total. The molecule has 3 fully saturated rings. The summed E-state index contributed by atoms with van der Waals surface area (Å²) < 4.78 is 0. The number of aliphatic hydroxyl groups is 6. The van der Waals surface area contributed by atoms with Crippen molar-refractivity contribution in [3.63, 3.8) is 0 Å². The van der Waals surface area contributed by atoms with Gasteiger partial charge >= 0.3 is 5.97 Å². The average molecular weight is 617 g/mol. The molecule has 0 heterocycles. The molecule has 0 aromatic carbocycles. The van der Waals surface area contributed by atoms with E-state index in [9.17, 15) is 35.4 Å². The first kappa shape index (κ1) is 42.0. The van der Waals surface area contributed by atoms with Crippen molar-refractivity contribution >= 4 is 5.97 Å². The predicted octanol–water partition coefficient (Wildman–Crippen LogP) is 7.61. The fourth-order valence-electron chi connectivity index (χ4n) is 5.60. The Morgan fingerprint density at radius 1 is 0.419 bits per heavy atom. The zero-order valence-corrected chi connectivity index (χ0v) is 27.7. The molecule has 0 spiro atoms. The lowest BCUT2D eigenvalue weighted by Crippen LogP contribution is -2.27. The van der Waals surface area contributed by atoms with Crippen molar-refractivity contribution in [1.29, 1.82) is 0 Å². The van der Waals surface area contributed by atoms with Gasteiger partial charge in [0.25, 0.3) is 0 Å². The molecular formula is C35H68O8. The number of aliphatic carboxylic acids is 1. The van der Waals surface area contributed by atoms with E-state index in [2.05, 4.69) is 0 Å². The van der Waals surface area contributed by atoms with Gasteiger partial charge in [0.05, 0.1) is 0 Å². The van der Waals surface area contributed by atoms with Crippen LogP contribution in [-0.2, 0) is 4.79 Å². The van der Waals surface area contributed by atoms with E-state index >= 15 is 0 Å². The number of carboxylic acid groups (broad SMARTS) is 1. The number of rotatable bonds is 1. The molecule has 3 aliphatic rings. The van der Waals surface area contributed by atoms with Crippen molar-refractivity contribution in [3.8, 4) is 0 Å². The van der Waals surface area contributed by atoms with Gasteiger partial charge in [0.2, 0.25) is 0 Å². The average Bonchev–Trinajstić information content (AvgIpc) is 2.95. The molecule has 3 rings (SSSR count). The molecule has 8 heteroatoms. The molecule has 256 valence electrons. The van der Waals surface area contributed by atoms with Crippen LogP contribution in [0.2, 0.25) is 0 Å². The van der Waals surface area contributed by atoms with E-state index in [1.165, 1.54) is 57.8 Å². The lowest BCUT2D eigenvalue weighted by atomic mass is 9.97. The molecule has 0 saturated heterocycles. The lowest BCUT2D eigenvalue weighted by Gasteiger charge is -2.22. The largest absolute Gasteiger partial charge is 0.478 e. The number of hydrogen-bond donors (Lipinski definition) is 7. The highest BCUT2D eigenvalue weighted by molar-refractivity contribution is 5.85. The zero-order valence-electron chi connectivity index (χ0n) is 27.7. The van der Waals surface area contributed by atoms with E-state index in [1.807, 2.05) is 0 Å². The highest BCUT2D eigenvalue weighted by atomic mass is 16.5. The van der Waals surface area contributed by atoms with Crippen LogP contribution in [0, 0.1) is 0 Å². The van der Waals surface area contributed by atoms with Crippen LogP contribution >= 0.6 is 0 Å². The fourth-order valence-corrected chi connectivity index (χ4v) is 5.60. The van der Waals surface area contributed by atoms with Crippen LogP contribution in [-0.4, -0.2) is 59.1 Å². The molecule has 0 radical (unpaired) electrons. The first-order valence-electron chi connectivity index (χ1n) is 17.5. The van der Waals surface area contributed by atoms with E-state index < -0.39 is 23.3 Å². The van der Waals surface area contributed by atoms with Gasteiger partial charge in [0.1, 0.15) is 0 Å². The summed E-state index contributed by atoms with van der Waals surface area (Å²) in [5.74, 6) is -4.94. The van der Waals surface area contributed by atoms with E-state index in [-0.39, 0.29) is 0 Å². The third-order valence-corrected chi connectivity index (χ3v) is 8.73. The van der Waals surface area contributed by atoms with Crippen LogP contribution in [0.25, 0.3) is 0 Å². The van der Waals surface area contributed by atoms with E-state index in [0.29, 0.717) is 44.1 Å². The summed E-state index contributed by atoms with van der Waals surface area (Å²) >= 11 is 0. The first-order chi connectivity index (χ1) is 20.3. The molecule has 0 amide bonds. The number of carbonyl (C=O) groups is 1. The van der Waals surface area contributed by atoms with Gasteiger partial charge in [-0.25, -0.2) is 4.79 Å². The van der Waals surface area contributed by atoms with Gasteiger partial charge in [-0.3, -0.25) is 0 Å². The highest BCUT2D eigenvalue weighted by Crippen LogP contribution is 2.24. The molecule has 3 aliphatic carbocycles. The fraction of sp³-hybridized carbons (Fsp3) is 0.914. The molecule has 3 saturated carbocycles. The summed E-state index contributed by atoms with van der Waals surface area (Å²) in [6, 6.07) is 0.